The van der Waals surface area contributed by atoms with Crippen LogP contribution in [0.1, 0.15) is 9.67 Å². The molecule has 1 aliphatic rings. The maximum atomic E-state index is 13.9. The summed E-state index contributed by atoms with van der Waals surface area (Å²) in [5, 5.41) is 0. The van der Waals surface area contributed by atoms with Crippen molar-refractivity contribution in [1.29, 1.82) is 0 Å². The van der Waals surface area contributed by atoms with Gasteiger partial charge in [0.05, 0.1) is 20.9 Å². The topological polar surface area (TPSA) is 43.9 Å². The van der Waals surface area contributed by atoms with Crippen molar-refractivity contribution in [3.8, 4) is 0 Å². The molecule has 26 heavy (non-hydrogen) atoms. The van der Waals surface area contributed by atoms with Gasteiger partial charge in [-0.15, -0.1) is 11.3 Å². The molecule has 3 rings (SSSR count). The van der Waals surface area contributed by atoms with Crippen molar-refractivity contribution < 1.29 is 14.0 Å². The van der Waals surface area contributed by atoms with E-state index in [4.69, 9.17) is 0 Å². The number of likely N-dealkylation sites (N-methyl/N-ethyl adjacent to an activating group) is 1. The zero-order valence-corrected chi connectivity index (χ0v) is 16.7. The van der Waals surface area contributed by atoms with E-state index in [9.17, 15) is 14.0 Å². The summed E-state index contributed by atoms with van der Waals surface area (Å²) in [7, 11) is 1.63. The standard InChI is InChI=1S/C18H19BrFN3O2S/c1-21(18(25)15-6-7-16(19)26-15)12-17(24)23-10-8-22(9-11-23)14-5-3-2-4-13(14)20/h2-7H,8-12H2,1H3. The quantitative estimate of drug-likeness (QED) is 0.734. The first-order valence-electron chi connectivity index (χ1n) is 8.24. The summed E-state index contributed by atoms with van der Waals surface area (Å²) in [6.07, 6.45) is 0. The second-order valence-electron chi connectivity index (χ2n) is 6.08. The minimum Gasteiger partial charge on any atom is -0.366 e. The van der Waals surface area contributed by atoms with E-state index in [2.05, 4.69) is 15.9 Å². The molecular weight excluding hydrogens is 421 g/mol. The molecule has 138 valence electrons. The van der Waals surface area contributed by atoms with E-state index in [1.54, 1.807) is 36.2 Å². The zero-order valence-electron chi connectivity index (χ0n) is 14.3. The number of anilines is 1. The van der Waals surface area contributed by atoms with Gasteiger partial charge in [-0.05, 0) is 40.2 Å². The number of carbonyl (C=O) groups excluding carboxylic acids is 2. The Morgan fingerprint density at radius 3 is 2.46 bits per heavy atom. The van der Waals surface area contributed by atoms with Crippen LogP contribution in [-0.4, -0.2) is 61.4 Å². The molecule has 1 aromatic carbocycles. The maximum Gasteiger partial charge on any atom is 0.264 e. The lowest BCUT2D eigenvalue weighted by Gasteiger charge is -2.36. The number of amides is 2. The number of benzene rings is 1. The Morgan fingerprint density at radius 2 is 1.85 bits per heavy atom. The van der Waals surface area contributed by atoms with Gasteiger partial charge < -0.3 is 14.7 Å². The first-order chi connectivity index (χ1) is 12.5. The molecule has 2 aromatic rings. The van der Waals surface area contributed by atoms with Crippen molar-refractivity contribution in [2.24, 2.45) is 0 Å². The van der Waals surface area contributed by atoms with Crippen LogP contribution in [0, 0.1) is 5.82 Å². The van der Waals surface area contributed by atoms with Crippen LogP contribution in [0.15, 0.2) is 40.2 Å². The van der Waals surface area contributed by atoms with E-state index in [1.807, 2.05) is 11.0 Å². The number of thiophene rings is 1. The number of hydrogen-bond donors (Lipinski definition) is 0. The highest BCUT2D eigenvalue weighted by Crippen LogP contribution is 2.23. The molecule has 0 N–H and O–H groups in total. The highest BCUT2D eigenvalue weighted by molar-refractivity contribution is 9.11. The van der Waals surface area contributed by atoms with Crippen LogP contribution in [0.3, 0.4) is 0 Å². The van der Waals surface area contributed by atoms with Gasteiger partial charge in [0.1, 0.15) is 5.82 Å². The van der Waals surface area contributed by atoms with Gasteiger partial charge in [0, 0.05) is 33.2 Å². The Balaban J connectivity index is 1.53. The molecule has 1 aromatic heterocycles. The molecule has 1 fully saturated rings. The van der Waals surface area contributed by atoms with E-state index in [1.165, 1.54) is 22.3 Å². The molecule has 0 bridgehead atoms. The average molecular weight is 440 g/mol. The Hall–Kier alpha value is -1.93. The minimum absolute atomic E-state index is 0.0358. The highest BCUT2D eigenvalue weighted by Gasteiger charge is 2.25. The van der Waals surface area contributed by atoms with Gasteiger partial charge in [-0.1, -0.05) is 12.1 Å². The van der Waals surface area contributed by atoms with Gasteiger partial charge in [0.25, 0.3) is 5.91 Å². The second-order valence-corrected chi connectivity index (χ2v) is 8.55. The number of para-hydroxylation sites is 1. The third-order valence-electron chi connectivity index (χ3n) is 4.33. The Kier molecular flexibility index (Phi) is 5.93. The maximum absolute atomic E-state index is 13.9. The first-order valence-corrected chi connectivity index (χ1v) is 9.84. The number of rotatable bonds is 4. The summed E-state index contributed by atoms with van der Waals surface area (Å²) in [6.45, 7) is 2.21. The van der Waals surface area contributed by atoms with Crippen LogP contribution in [0.25, 0.3) is 0 Å². The molecule has 0 atom stereocenters. The van der Waals surface area contributed by atoms with Crippen LogP contribution in [0.5, 0.6) is 0 Å². The summed E-state index contributed by atoms with van der Waals surface area (Å²) >= 11 is 4.68. The first kappa shape index (κ1) is 18.8. The number of hydrogen-bond acceptors (Lipinski definition) is 4. The van der Waals surface area contributed by atoms with Crippen molar-refractivity contribution in [3.63, 3.8) is 0 Å². The van der Waals surface area contributed by atoms with Crippen LogP contribution >= 0.6 is 27.3 Å². The molecule has 1 saturated heterocycles. The highest BCUT2D eigenvalue weighted by atomic mass is 79.9. The monoisotopic (exact) mass is 439 g/mol. The number of halogens is 2. The number of nitrogens with zero attached hydrogens (tertiary/aromatic N) is 3. The summed E-state index contributed by atoms with van der Waals surface area (Å²) in [6, 6.07) is 10.2. The fourth-order valence-corrected chi connectivity index (χ4v) is 4.28. The molecule has 0 radical (unpaired) electrons. The Labute approximate surface area is 164 Å². The van der Waals surface area contributed by atoms with E-state index in [0.717, 1.165) is 3.79 Å². The fourth-order valence-electron chi connectivity index (χ4n) is 2.90. The Bertz CT molecular complexity index is 805. The normalized spacial score (nSPS) is 14.4. The van der Waals surface area contributed by atoms with Gasteiger partial charge >= 0.3 is 0 Å². The van der Waals surface area contributed by atoms with Crippen molar-refractivity contribution in [3.05, 3.63) is 50.9 Å². The van der Waals surface area contributed by atoms with Gasteiger partial charge in [-0.2, -0.15) is 0 Å². The third kappa shape index (κ3) is 4.24. The van der Waals surface area contributed by atoms with Gasteiger partial charge in [0.2, 0.25) is 5.91 Å². The van der Waals surface area contributed by atoms with E-state index in [-0.39, 0.29) is 24.2 Å². The molecule has 0 spiro atoms. The number of piperazine rings is 1. The van der Waals surface area contributed by atoms with Crippen molar-refractivity contribution in [2.45, 2.75) is 0 Å². The van der Waals surface area contributed by atoms with Crippen LogP contribution in [0.4, 0.5) is 10.1 Å². The molecule has 2 heterocycles. The van der Waals surface area contributed by atoms with E-state index >= 15 is 0 Å². The number of carbonyl (C=O) groups is 2. The molecule has 2 amide bonds. The molecule has 1 aliphatic heterocycles. The third-order valence-corrected chi connectivity index (χ3v) is 5.94. The van der Waals surface area contributed by atoms with Crippen LogP contribution in [-0.2, 0) is 4.79 Å². The lowest BCUT2D eigenvalue weighted by molar-refractivity contribution is -0.131. The molecule has 8 heteroatoms. The summed E-state index contributed by atoms with van der Waals surface area (Å²) in [5.41, 5.74) is 0.565. The Morgan fingerprint density at radius 1 is 1.15 bits per heavy atom. The molecule has 0 unspecified atom stereocenters. The average Bonchev–Trinajstić information content (AvgIpc) is 3.08. The zero-order chi connectivity index (χ0) is 18.7. The molecule has 0 saturated carbocycles. The van der Waals surface area contributed by atoms with Crippen molar-refractivity contribution in [1.82, 2.24) is 9.80 Å². The summed E-state index contributed by atoms with van der Waals surface area (Å²) in [4.78, 5) is 30.5. The van der Waals surface area contributed by atoms with Crippen molar-refractivity contribution >= 4 is 44.8 Å². The summed E-state index contributed by atoms with van der Waals surface area (Å²) in [5.74, 6) is -0.511. The minimum atomic E-state index is -0.250. The predicted molar refractivity (Wildman–Crippen MR) is 104 cm³/mol. The second kappa shape index (κ2) is 8.18. The molecule has 0 aliphatic carbocycles. The summed E-state index contributed by atoms with van der Waals surface area (Å²) < 4.78 is 14.8. The van der Waals surface area contributed by atoms with Crippen molar-refractivity contribution in [2.75, 3.05) is 44.7 Å². The fraction of sp³-hybridized carbons (Fsp3) is 0.333. The predicted octanol–water partition coefficient (Wildman–Crippen LogP) is 3.07. The van der Waals surface area contributed by atoms with Crippen LogP contribution in [0.2, 0.25) is 0 Å². The van der Waals surface area contributed by atoms with E-state index in [0.29, 0.717) is 36.7 Å². The lowest BCUT2D eigenvalue weighted by atomic mass is 10.2. The molecular formula is C18H19BrFN3O2S. The van der Waals surface area contributed by atoms with Gasteiger partial charge in [0.15, 0.2) is 0 Å². The molecule has 5 nitrogen and oxygen atoms in total. The SMILES string of the molecule is CN(CC(=O)N1CCN(c2ccccc2F)CC1)C(=O)c1ccc(Br)s1. The smallest absolute Gasteiger partial charge is 0.264 e. The van der Waals surface area contributed by atoms with Gasteiger partial charge in [-0.3, -0.25) is 9.59 Å². The lowest BCUT2D eigenvalue weighted by Crippen LogP contribution is -2.51. The van der Waals surface area contributed by atoms with Crippen LogP contribution < -0.4 is 4.90 Å². The largest absolute Gasteiger partial charge is 0.366 e. The van der Waals surface area contributed by atoms with Gasteiger partial charge in [-0.25, -0.2) is 4.39 Å². The van der Waals surface area contributed by atoms with E-state index < -0.39 is 0 Å².